The number of carbonyl (C=O) groups is 2. The number of ether oxygens (including phenoxy) is 1. The van der Waals surface area contributed by atoms with E-state index in [4.69, 9.17) is 20.8 Å². The SMILES string of the molecule is Cc1oc(-c2ccc(Cl)cc2)cc1C(=O)Nc1nc(N(C)C)n(-c2ccccc2)c1C(=O)OC(C)(C)C. The topological polar surface area (TPSA) is 89.6 Å². The molecule has 0 unspecified atom stereocenters. The molecule has 0 saturated heterocycles. The second kappa shape index (κ2) is 10.1. The third kappa shape index (κ3) is 5.70. The van der Waals surface area contributed by atoms with Crippen molar-refractivity contribution in [2.75, 3.05) is 24.3 Å². The van der Waals surface area contributed by atoms with Crippen LogP contribution in [0.4, 0.5) is 11.8 Å². The number of aromatic nitrogens is 2. The Morgan fingerprint density at radius 3 is 2.30 bits per heavy atom. The zero-order valence-corrected chi connectivity index (χ0v) is 22.4. The van der Waals surface area contributed by atoms with E-state index in [1.807, 2.05) is 56.6 Å². The highest BCUT2D eigenvalue weighted by molar-refractivity contribution is 6.30. The number of esters is 1. The van der Waals surface area contributed by atoms with Crippen LogP contribution in [0, 0.1) is 6.92 Å². The molecule has 0 spiro atoms. The fraction of sp³-hybridized carbons (Fsp3) is 0.250. The summed E-state index contributed by atoms with van der Waals surface area (Å²) in [5.41, 5.74) is 1.16. The number of anilines is 2. The molecular formula is C28H29ClN4O4. The molecule has 0 atom stereocenters. The Morgan fingerprint density at radius 1 is 1.05 bits per heavy atom. The van der Waals surface area contributed by atoms with Crippen molar-refractivity contribution in [3.05, 3.63) is 82.7 Å². The molecule has 192 valence electrons. The van der Waals surface area contributed by atoms with E-state index in [2.05, 4.69) is 10.3 Å². The van der Waals surface area contributed by atoms with E-state index in [1.165, 1.54) is 0 Å². The van der Waals surface area contributed by atoms with Crippen molar-refractivity contribution in [1.29, 1.82) is 0 Å². The van der Waals surface area contributed by atoms with Crippen molar-refractivity contribution < 1.29 is 18.7 Å². The predicted octanol–water partition coefficient (Wildman–Crippen LogP) is 6.37. The number of nitrogens with zero attached hydrogens (tertiary/aromatic N) is 3. The molecule has 1 amide bonds. The molecule has 8 nitrogen and oxygen atoms in total. The first-order valence-corrected chi connectivity index (χ1v) is 12.1. The van der Waals surface area contributed by atoms with E-state index >= 15 is 0 Å². The Labute approximate surface area is 220 Å². The highest BCUT2D eigenvalue weighted by Gasteiger charge is 2.31. The van der Waals surface area contributed by atoms with Crippen molar-refractivity contribution in [3.8, 4) is 17.0 Å². The van der Waals surface area contributed by atoms with Gasteiger partial charge in [-0.25, -0.2) is 4.79 Å². The summed E-state index contributed by atoms with van der Waals surface area (Å²) in [4.78, 5) is 33.2. The largest absolute Gasteiger partial charge is 0.461 e. The number of carbonyl (C=O) groups excluding carboxylic acids is 2. The Kier molecular flexibility index (Phi) is 7.14. The lowest BCUT2D eigenvalue weighted by Gasteiger charge is -2.21. The normalized spacial score (nSPS) is 11.3. The molecule has 0 aliphatic rings. The summed E-state index contributed by atoms with van der Waals surface area (Å²) in [6, 6.07) is 18.1. The van der Waals surface area contributed by atoms with Crippen LogP contribution in [0.3, 0.4) is 0 Å². The summed E-state index contributed by atoms with van der Waals surface area (Å²) in [6.45, 7) is 7.06. The number of aryl methyl sites for hydroxylation is 1. The third-order valence-corrected chi connectivity index (χ3v) is 5.64. The molecule has 0 bridgehead atoms. The van der Waals surface area contributed by atoms with Gasteiger partial charge in [0.25, 0.3) is 5.91 Å². The van der Waals surface area contributed by atoms with Crippen molar-refractivity contribution >= 4 is 35.2 Å². The van der Waals surface area contributed by atoms with Crippen LogP contribution >= 0.6 is 11.6 Å². The monoisotopic (exact) mass is 520 g/mol. The van der Waals surface area contributed by atoms with Crippen LogP contribution in [-0.4, -0.2) is 41.1 Å². The highest BCUT2D eigenvalue weighted by Crippen LogP contribution is 2.31. The van der Waals surface area contributed by atoms with E-state index in [0.717, 1.165) is 5.56 Å². The van der Waals surface area contributed by atoms with Gasteiger partial charge in [-0.3, -0.25) is 9.36 Å². The number of hydrogen-bond acceptors (Lipinski definition) is 6. The van der Waals surface area contributed by atoms with Gasteiger partial charge in [0.15, 0.2) is 11.5 Å². The summed E-state index contributed by atoms with van der Waals surface area (Å²) >= 11 is 5.99. The first-order valence-electron chi connectivity index (χ1n) is 11.7. The van der Waals surface area contributed by atoms with E-state index in [-0.39, 0.29) is 11.5 Å². The van der Waals surface area contributed by atoms with Crippen molar-refractivity contribution in [2.45, 2.75) is 33.3 Å². The summed E-state index contributed by atoms with van der Waals surface area (Å²) in [7, 11) is 3.62. The smallest absolute Gasteiger partial charge is 0.359 e. The molecule has 4 rings (SSSR count). The Morgan fingerprint density at radius 2 is 1.70 bits per heavy atom. The van der Waals surface area contributed by atoms with Gasteiger partial charge in [0, 0.05) is 30.4 Å². The fourth-order valence-corrected chi connectivity index (χ4v) is 3.90. The predicted molar refractivity (Wildman–Crippen MR) is 145 cm³/mol. The van der Waals surface area contributed by atoms with Crippen molar-refractivity contribution in [1.82, 2.24) is 9.55 Å². The Balaban J connectivity index is 1.78. The number of rotatable bonds is 6. The minimum atomic E-state index is -0.753. The summed E-state index contributed by atoms with van der Waals surface area (Å²) in [6.07, 6.45) is 0. The van der Waals surface area contributed by atoms with Gasteiger partial charge in [-0.2, -0.15) is 4.98 Å². The van der Waals surface area contributed by atoms with Gasteiger partial charge in [0.05, 0.1) is 5.56 Å². The Hall–Kier alpha value is -4.04. The number of halogens is 1. The number of para-hydroxylation sites is 1. The van der Waals surface area contributed by atoms with Gasteiger partial charge in [-0.05, 0) is 70.2 Å². The molecule has 0 fully saturated rings. The lowest BCUT2D eigenvalue weighted by Crippen LogP contribution is -2.27. The van der Waals surface area contributed by atoms with Crippen LogP contribution in [0.1, 0.15) is 47.4 Å². The maximum Gasteiger partial charge on any atom is 0.359 e. The molecule has 37 heavy (non-hydrogen) atoms. The van der Waals surface area contributed by atoms with Gasteiger partial charge in [-0.1, -0.05) is 29.8 Å². The molecule has 0 aliphatic heterocycles. The van der Waals surface area contributed by atoms with Gasteiger partial charge >= 0.3 is 5.97 Å². The maximum atomic E-state index is 13.4. The van der Waals surface area contributed by atoms with E-state index in [0.29, 0.717) is 33.7 Å². The minimum Gasteiger partial charge on any atom is -0.461 e. The average Bonchev–Trinajstić information content (AvgIpc) is 3.40. The van der Waals surface area contributed by atoms with Crippen molar-refractivity contribution in [3.63, 3.8) is 0 Å². The first-order chi connectivity index (χ1) is 17.4. The molecule has 0 aliphatic carbocycles. The molecule has 2 aromatic heterocycles. The van der Waals surface area contributed by atoms with Crippen LogP contribution in [-0.2, 0) is 4.74 Å². The Bertz CT molecular complexity index is 1430. The number of hydrogen-bond donors (Lipinski definition) is 1. The van der Waals surface area contributed by atoms with Crippen LogP contribution in [0.2, 0.25) is 5.02 Å². The standard InChI is InChI=1S/C28H29ClN4O4/c1-17-21(16-22(36-17)18-12-14-19(29)15-13-18)25(34)30-24-23(26(35)37-28(2,3)4)33(27(31-24)32(5)6)20-10-8-7-9-11-20/h7-16H,1-6H3,(H,30,34). The molecule has 4 aromatic rings. The van der Waals surface area contributed by atoms with E-state index < -0.39 is 17.5 Å². The van der Waals surface area contributed by atoms with Gasteiger partial charge in [-0.15, -0.1) is 0 Å². The summed E-state index contributed by atoms with van der Waals surface area (Å²) in [5.74, 6) is 0.410. The second-order valence-electron chi connectivity index (χ2n) is 9.72. The summed E-state index contributed by atoms with van der Waals surface area (Å²) in [5, 5.41) is 3.42. The van der Waals surface area contributed by atoms with E-state index in [9.17, 15) is 9.59 Å². The molecule has 9 heteroatoms. The molecule has 0 radical (unpaired) electrons. The van der Waals surface area contributed by atoms with Crippen LogP contribution in [0.15, 0.2) is 65.1 Å². The maximum absolute atomic E-state index is 13.4. The average molecular weight is 521 g/mol. The number of imidazole rings is 1. The highest BCUT2D eigenvalue weighted by atomic mass is 35.5. The first kappa shape index (κ1) is 26.0. The molecular weight excluding hydrogens is 492 g/mol. The third-order valence-electron chi connectivity index (χ3n) is 5.39. The van der Waals surface area contributed by atoms with Crippen LogP contribution in [0.5, 0.6) is 0 Å². The molecule has 2 aromatic carbocycles. The number of amides is 1. The number of benzene rings is 2. The molecule has 0 saturated carbocycles. The lowest BCUT2D eigenvalue weighted by molar-refractivity contribution is 0.00619. The van der Waals surface area contributed by atoms with Crippen molar-refractivity contribution in [2.24, 2.45) is 0 Å². The van der Waals surface area contributed by atoms with Crippen LogP contribution < -0.4 is 10.2 Å². The molecule has 1 N–H and O–H groups in total. The second-order valence-corrected chi connectivity index (χ2v) is 10.2. The zero-order valence-electron chi connectivity index (χ0n) is 21.6. The fourth-order valence-electron chi connectivity index (χ4n) is 3.77. The van der Waals surface area contributed by atoms with Gasteiger partial charge in [0.2, 0.25) is 5.95 Å². The van der Waals surface area contributed by atoms with Crippen LogP contribution in [0.25, 0.3) is 17.0 Å². The number of furan rings is 1. The summed E-state index contributed by atoms with van der Waals surface area (Å²) < 4.78 is 13.2. The van der Waals surface area contributed by atoms with Gasteiger partial charge in [0.1, 0.15) is 17.1 Å². The minimum absolute atomic E-state index is 0.0837. The van der Waals surface area contributed by atoms with E-state index in [1.54, 1.807) is 55.4 Å². The quantitative estimate of drug-likeness (QED) is 0.297. The van der Waals surface area contributed by atoms with Gasteiger partial charge < -0.3 is 19.4 Å². The number of nitrogens with one attached hydrogen (secondary N) is 1. The molecule has 2 heterocycles. The lowest BCUT2D eigenvalue weighted by atomic mass is 10.1. The zero-order chi connectivity index (χ0) is 26.9.